The molecule has 0 radical (unpaired) electrons. The van der Waals surface area contributed by atoms with Crippen molar-refractivity contribution in [3.63, 3.8) is 0 Å². The molecule has 1 unspecified atom stereocenters. The first kappa shape index (κ1) is 15.0. The van der Waals surface area contributed by atoms with Crippen molar-refractivity contribution in [1.82, 2.24) is 0 Å². The fraction of sp³-hybridized carbons (Fsp3) is 0.294. The number of hydrogen-bond acceptors (Lipinski definition) is 2. The van der Waals surface area contributed by atoms with Gasteiger partial charge in [0.2, 0.25) is 0 Å². The summed E-state index contributed by atoms with van der Waals surface area (Å²) in [7, 11) is 0. The molecule has 2 aromatic rings. The van der Waals surface area contributed by atoms with Gasteiger partial charge in [0.05, 0.1) is 6.61 Å². The molecule has 0 aromatic heterocycles. The predicted molar refractivity (Wildman–Crippen MR) is 84.2 cm³/mol. The lowest BCUT2D eigenvalue weighted by Gasteiger charge is -2.31. The molecule has 0 aliphatic rings. The molecule has 3 heteroatoms. The van der Waals surface area contributed by atoms with Gasteiger partial charge < -0.3 is 10.8 Å². The van der Waals surface area contributed by atoms with Crippen molar-refractivity contribution >= 4 is 11.6 Å². The number of hydrogen-bond donors (Lipinski definition) is 2. The number of aliphatic hydroxyl groups excluding tert-OH is 1. The topological polar surface area (TPSA) is 46.2 Å². The summed E-state index contributed by atoms with van der Waals surface area (Å²) < 4.78 is 0. The number of aliphatic hydroxyl groups is 1. The highest BCUT2D eigenvalue weighted by Crippen LogP contribution is 2.28. The Labute approximate surface area is 125 Å². The summed E-state index contributed by atoms with van der Waals surface area (Å²) in [6, 6.07) is 15.9. The zero-order chi connectivity index (χ0) is 14.6. The molecule has 1 atom stereocenters. The molecule has 20 heavy (non-hydrogen) atoms. The molecule has 3 N–H and O–H groups in total. The van der Waals surface area contributed by atoms with Crippen LogP contribution in [0.4, 0.5) is 0 Å². The van der Waals surface area contributed by atoms with Crippen molar-refractivity contribution in [2.75, 3.05) is 13.2 Å². The Morgan fingerprint density at radius 1 is 1.05 bits per heavy atom. The average Bonchev–Trinajstić information content (AvgIpc) is 2.48. The van der Waals surface area contributed by atoms with Gasteiger partial charge in [-0.3, -0.25) is 0 Å². The predicted octanol–water partition coefficient (Wildman–Crippen LogP) is 3.08. The molecule has 0 bridgehead atoms. The number of halogens is 1. The summed E-state index contributed by atoms with van der Waals surface area (Å²) in [6.45, 7) is 2.47. The highest BCUT2D eigenvalue weighted by Gasteiger charge is 2.30. The molecule has 0 saturated carbocycles. The van der Waals surface area contributed by atoms with Crippen molar-refractivity contribution in [2.45, 2.75) is 18.8 Å². The Morgan fingerprint density at radius 2 is 1.65 bits per heavy atom. The number of nitrogens with two attached hydrogens (primary N) is 1. The van der Waals surface area contributed by atoms with Gasteiger partial charge >= 0.3 is 0 Å². The van der Waals surface area contributed by atoms with E-state index in [1.165, 1.54) is 5.56 Å². The van der Waals surface area contributed by atoms with E-state index in [1.54, 1.807) is 0 Å². The molecule has 2 aromatic carbocycles. The van der Waals surface area contributed by atoms with Crippen LogP contribution in [-0.4, -0.2) is 18.3 Å². The van der Waals surface area contributed by atoms with Gasteiger partial charge in [-0.15, -0.1) is 0 Å². The Hall–Kier alpha value is -1.35. The van der Waals surface area contributed by atoms with Crippen molar-refractivity contribution < 1.29 is 5.11 Å². The van der Waals surface area contributed by atoms with E-state index in [0.717, 1.165) is 11.1 Å². The molecule has 0 saturated heterocycles. The van der Waals surface area contributed by atoms with E-state index in [2.05, 4.69) is 12.1 Å². The molecule has 0 aliphatic carbocycles. The zero-order valence-corrected chi connectivity index (χ0v) is 12.4. The van der Waals surface area contributed by atoms with E-state index < -0.39 is 5.41 Å². The van der Waals surface area contributed by atoms with E-state index >= 15 is 0 Å². The van der Waals surface area contributed by atoms with Gasteiger partial charge in [0.1, 0.15) is 0 Å². The Kier molecular flexibility index (Phi) is 4.81. The van der Waals surface area contributed by atoms with Gasteiger partial charge in [-0.05, 0) is 36.6 Å². The summed E-state index contributed by atoms with van der Waals surface area (Å²) in [5.41, 5.74) is 8.93. The van der Waals surface area contributed by atoms with Gasteiger partial charge in [-0.25, -0.2) is 0 Å². The van der Waals surface area contributed by atoms with Crippen LogP contribution in [0.25, 0.3) is 0 Å². The van der Waals surface area contributed by atoms with Crippen LogP contribution in [0.15, 0.2) is 48.5 Å². The molecule has 0 aliphatic heterocycles. The van der Waals surface area contributed by atoms with Crippen LogP contribution in [0.5, 0.6) is 0 Å². The quantitative estimate of drug-likeness (QED) is 0.888. The SMILES string of the molecule is Cc1ccc(C(CN)(CO)Cc2ccc(Cl)cc2)cc1. The summed E-state index contributed by atoms with van der Waals surface area (Å²) in [6.07, 6.45) is 0.695. The minimum atomic E-state index is -0.443. The summed E-state index contributed by atoms with van der Waals surface area (Å²) in [5.74, 6) is 0. The number of benzene rings is 2. The van der Waals surface area contributed by atoms with Gasteiger partial charge in [-0.1, -0.05) is 53.6 Å². The minimum absolute atomic E-state index is 0.0230. The van der Waals surface area contributed by atoms with Gasteiger partial charge in [-0.2, -0.15) is 0 Å². The highest BCUT2D eigenvalue weighted by molar-refractivity contribution is 6.30. The molecule has 0 heterocycles. The maximum atomic E-state index is 9.91. The van der Waals surface area contributed by atoms with Gasteiger partial charge in [0.15, 0.2) is 0 Å². The van der Waals surface area contributed by atoms with Crippen LogP contribution in [0.1, 0.15) is 16.7 Å². The van der Waals surface area contributed by atoms with Crippen molar-refractivity contribution in [3.8, 4) is 0 Å². The number of rotatable bonds is 5. The third-order valence-electron chi connectivity index (χ3n) is 3.81. The third kappa shape index (κ3) is 3.21. The zero-order valence-electron chi connectivity index (χ0n) is 11.6. The minimum Gasteiger partial charge on any atom is -0.395 e. The summed E-state index contributed by atoms with van der Waals surface area (Å²) >= 11 is 5.91. The Bertz CT molecular complexity index is 544. The maximum absolute atomic E-state index is 9.91. The first-order valence-corrected chi connectivity index (χ1v) is 7.10. The second-order valence-electron chi connectivity index (χ2n) is 5.31. The molecule has 2 nitrogen and oxygen atoms in total. The van der Waals surface area contributed by atoms with E-state index in [1.807, 2.05) is 43.3 Å². The van der Waals surface area contributed by atoms with E-state index in [0.29, 0.717) is 18.0 Å². The largest absolute Gasteiger partial charge is 0.395 e. The maximum Gasteiger partial charge on any atom is 0.0543 e. The van der Waals surface area contributed by atoms with Crippen LogP contribution >= 0.6 is 11.6 Å². The molecule has 0 fully saturated rings. The van der Waals surface area contributed by atoms with Crippen LogP contribution < -0.4 is 5.73 Å². The van der Waals surface area contributed by atoms with E-state index in [-0.39, 0.29) is 6.61 Å². The van der Waals surface area contributed by atoms with E-state index in [4.69, 9.17) is 17.3 Å². The highest BCUT2D eigenvalue weighted by atomic mass is 35.5. The standard InChI is InChI=1S/C17H20ClNO/c1-13-2-6-15(7-3-13)17(11-19,12-20)10-14-4-8-16(18)9-5-14/h2-9,20H,10-12,19H2,1H3. The summed E-state index contributed by atoms with van der Waals surface area (Å²) in [5, 5.41) is 10.6. The van der Waals surface area contributed by atoms with Crippen LogP contribution in [0.3, 0.4) is 0 Å². The Balaban J connectivity index is 2.33. The normalized spacial score (nSPS) is 14.0. The van der Waals surface area contributed by atoms with Gasteiger partial charge in [0, 0.05) is 17.0 Å². The lowest BCUT2D eigenvalue weighted by molar-refractivity contribution is 0.196. The first-order chi connectivity index (χ1) is 9.59. The van der Waals surface area contributed by atoms with Crippen molar-refractivity contribution in [2.24, 2.45) is 5.73 Å². The van der Waals surface area contributed by atoms with Gasteiger partial charge in [0.25, 0.3) is 0 Å². The van der Waals surface area contributed by atoms with E-state index in [9.17, 15) is 5.11 Å². The molecule has 2 rings (SSSR count). The fourth-order valence-electron chi connectivity index (χ4n) is 2.40. The smallest absolute Gasteiger partial charge is 0.0543 e. The van der Waals surface area contributed by atoms with Crippen molar-refractivity contribution in [1.29, 1.82) is 0 Å². The Morgan fingerprint density at radius 3 is 2.15 bits per heavy atom. The summed E-state index contributed by atoms with van der Waals surface area (Å²) in [4.78, 5) is 0. The molecule has 0 amide bonds. The lowest BCUT2D eigenvalue weighted by Crippen LogP contribution is -2.41. The van der Waals surface area contributed by atoms with Crippen molar-refractivity contribution in [3.05, 3.63) is 70.2 Å². The number of aryl methyl sites for hydroxylation is 1. The lowest BCUT2D eigenvalue weighted by atomic mass is 9.76. The van der Waals surface area contributed by atoms with Crippen LogP contribution in [-0.2, 0) is 11.8 Å². The fourth-order valence-corrected chi connectivity index (χ4v) is 2.53. The molecular formula is C17H20ClNO. The molecule has 106 valence electrons. The second kappa shape index (κ2) is 6.40. The van der Waals surface area contributed by atoms with Crippen LogP contribution in [0, 0.1) is 6.92 Å². The van der Waals surface area contributed by atoms with Crippen LogP contribution in [0.2, 0.25) is 5.02 Å². The first-order valence-electron chi connectivity index (χ1n) is 6.72. The molecule has 0 spiro atoms. The average molecular weight is 290 g/mol. The third-order valence-corrected chi connectivity index (χ3v) is 4.07. The second-order valence-corrected chi connectivity index (χ2v) is 5.75. The molecular weight excluding hydrogens is 270 g/mol. The monoisotopic (exact) mass is 289 g/mol.